The van der Waals surface area contributed by atoms with Crippen LogP contribution in [0.4, 0.5) is 5.82 Å². The van der Waals surface area contributed by atoms with E-state index in [0.717, 1.165) is 28.1 Å². The fourth-order valence-electron chi connectivity index (χ4n) is 2.15. The minimum atomic E-state index is 0.467. The van der Waals surface area contributed by atoms with E-state index in [2.05, 4.69) is 15.2 Å². The predicted octanol–water partition coefficient (Wildman–Crippen LogP) is 2.73. The molecule has 0 spiro atoms. The number of rotatable bonds is 3. The summed E-state index contributed by atoms with van der Waals surface area (Å²) < 4.78 is 5.25. The molecule has 0 aliphatic carbocycles. The van der Waals surface area contributed by atoms with Gasteiger partial charge in [0.05, 0.1) is 18.4 Å². The molecule has 5 heteroatoms. The fourth-order valence-corrected chi connectivity index (χ4v) is 2.15. The van der Waals surface area contributed by atoms with Crippen LogP contribution >= 0.6 is 0 Å². The number of ether oxygens (including phenoxy) is 1. The van der Waals surface area contributed by atoms with Gasteiger partial charge in [0.2, 0.25) is 0 Å². The first-order valence-corrected chi connectivity index (χ1v) is 6.18. The van der Waals surface area contributed by atoms with Crippen molar-refractivity contribution in [1.29, 1.82) is 0 Å². The normalized spacial score (nSPS) is 10.4. The molecule has 0 aliphatic rings. The van der Waals surface area contributed by atoms with Crippen LogP contribution in [0.5, 0.6) is 5.75 Å². The molecule has 0 radical (unpaired) electrons. The Morgan fingerprint density at radius 3 is 2.65 bits per heavy atom. The Labute approximate surface area is 116 Å². The Bertz CT molecular complexity index is 722. The zero-order valence-corrected chi connectivity index (χ0v) is 11.0. The topological polar surface area (TPSA) is 76.8 Å². The zero-order chi connectivity index (χ0) is 13.9. The maximum Gasteiger partial charge on any atom is 0.153 e. The average molecular weight is 266 g/mol. The van der Waals surface area contributed by atoms with Crippen molar-refractivity contribution < 1.29 is 4.74 Å². The predicted molar refractivity (Wildman–Crippen MR) is 78.2 cm³/mol. The Balaban J connectivity index is 2.16. The quantitative estimate of drug-likeness (QED) is 0.764. The lowest BCUT2D eigenvalue weighted by molar-refractivity contribution is 0.415. The summed E-state index contributed by atoms with van der Waals surface area (Å²) in [4.78, 5) is 4.02. The summed E-state index contributed by atoms with van der Waals surface area (Å²) in [6.07, 6.45) is 3.47. The molecule has 0 aliphatic heterocycles. The average Bonchev–Trinajstić information content (AvgIpc) is 2.90. The molecule has 3 aromatic rings. The van der Waals surface area contributed by atoms with Crippen LogP contribution in [0.2, 0.25) is 0 Å². The van der Waals surface area contributed by atoms with E-state index >= 15 is 0 Å². The van der Waals surface area contributed by atoms with Crippen molar-refractivity contribution >= 4 is 5.82 Å². The van der Waals surface area contributed by atoms with Crippen LogP contribution in [0.15, 0.2) is 48.8 Å². The summed E-state index contributed by atoms with van der Waals surface area (Å²) in [5, 5.41) is 7.11. The highest BCUT2D eigenvalue weighted by Gasteiger charge is 2.14. The van der Waals surface area contributed by atoms with Crippen LogP contribution in [0.3, 0.4) is 0 Å². The number of nitrogens with one attached hydrogen (secondary N) is 1. The Morgan fingerprint density at radius 2 is 1.90 bits per heavy atom. The second-order valence-electron chi connectivity index (χ2n) is 4.33. The third-order valence-electron chi connectivity index (χ3n) is 3.12. The number of anilines is 1. The molecule has 0 saturated carbocycles. The minimum Gasteiger partial charge on any atom is -0.497 e. The van der Waals surface area contributed by atoms with Crippen LogP contribution in [-0.4, -0.2) is 22.3 Å². The van der Waals surface area contributed by atoms with Gasteiger partial charge in [-0.05, 0) is 29.8 Å². The molecule has 2 aromatic heterocycles. The number of hydrogen-bond donors (Lipinski definition) is 2. The monoisotopic (exact) mass is 266 g/mol. The van der Waals surface area contributed by atoms with Crippen molar-refractivity contribution in [3.05, 3.63) is 48.8 Å². The number of methoxy groups -OCH3 is 1. The number of pyridine rings is 1. The van der Waals surface area contributed by atoms with E-state index in [4.69, 9.17) is 10.5 Å². The highest BCUT2D eigenvalue weighted by atomic mass is 16.5. The standard InChI is InChI=1S/C15H14N4O/c1-20-12-4-2-3-11(9-12)14-13(15(16)19-18-14)10-5-7-17-8-6-10/h2-9H,1H3,(H3,16,18,19). The van der Waals surface area contributed by atoms with Gasteiger partial charge in [-0.15, -0.1) is 0 Å². The van der Waals surface area contributed by atoms with Gasteiger partial charge in [-0.25, -0.2) is 0 Å². The number of nitrogen functional groups attached to an aromatic ring is 1. The third kappa shape index (κ3) is 2.09. The molecule has 0 saturated heterocycles. The zero-order valence-electron chi connectivity index (χ0n) is 11.0. The molecule has 20 heavy (non-hydrogen) atoms. The smallest absolute Gasteiger partial charge is 0.153 e. The van der Waals surface area contributed by atoms with E-state index in [0.29, 0.717) is 5.82 Å². The molecular formula is C15H14N4O. The maximum absolute atomic E-state index is 5.99. The number of nitrogens with zero attached hydrogens (tertiary/aromatic N) is 2. The lowest BCUT2D eigenvalue weighted by Crippen LogP contribution is -1.89. The molecule has 0 amide bonds. The van der Waals surface area contributed by atoms with Crippen LogP contribution in [0.25, 0.3) is 22.4 Å². The van der Waals surface area contributed by atoms with Gasteiger partial charge < -0.3 is 10.5 Å². The molecule has 0 fully saturated rings. The van der Waals surface area contributed by atoms with Gasteiger partial charge in [0, 0.05) is 18.0 Å². The lowest BCUT2D eigenvalue weighted by Gasteiger charge is -2.06. The first-order valence-electron chi connectivity index (χ1n) is 6.18. The van der Waals surface area contributed by atoms with Gasteiger partial charge in [0.25, 0.3) is 0 Å². The van der Waals surface area contributed by atoms with Crippen molar-refractivity contribution in [2.24, 2.45) is 0 Å². The lowest BCUT2D eigenvalue weighted by atomic mass is 10.0. The number of benzene rings is 1. The number of H-pyrrole nitrogens is 1. The summed E-state index contributed by atoms with van der Waals surface area (Å²) >= 11 is 0. The van der Waals surface area contributed by atoms with Gasteiger partial charge in [0.15, 0.2) is 5.82 Å². The van der Waals surface area contributed by atoms with Gasteiger partial charge in [0.1, 0.15) is 5.75 Å². The molecule has 5 nitrogen and oxygen atoms in total. The summed E-state index contributed by atoms with van der Waals surface area (Å²) in [7, 11) is 1.64. The van der Waals surface area contributed by atoms with E-state index in [-0.39, 0.29) is 0 Å². The number of hydrogen-bond acceptors (Lipinski definition) is 4. The van der Waals surface area contributed by atoms with Crippen LogP contribution in [0, 0.1) is 0 Å². The first-order chi connectivity index (χ1) is 9.79. The van der Waals surface area contributed by atoms with Crippen molar-refractivity contribution in [3.8, 4) is 28.1 Å². The van der Waals surface area contributed by atoms with Crippen LogP contribution < -0.4 is 10.5 Å². The maximum atomic E-state index is 5.99. The van der Waals surface area contributed by atoms with Crippen molar-refractivity contribution in [1.82, 2.24) is 15.2 Å². The molecule has 0 atom stereocenters. The third-order valence-corrected chi connectivity index (χ3v) is 3.12. The van der Waals surface area contributed by atoms with E-state index in [1.165, 1.54) is 0 Å². The second-order valence-corrected chi connectivity index (χ2v) is 4.33. The molecule has 1 aromatic carbocycles. The highest BCUT2D eigenvalue weighted by Crippen LogP contribution is 2.35. The van der Waals surface area contributed by atoms with Crippen molar-refractivity contribution in [2.75, 3.05) is 12.8 Å². The summed E-state index contributed by atoms with van der Waals surface area (Å²) in [5.74, 6) is 1.25. The fraction of sp³-hybridized carbons (Fsp3) is 0.0667. The number of aromatic nitrogens is 3. The van der Waals surface area contributed by atoms with Gasteiger partial charge in [-0.2, -0.15) is 5.10 Å². The largest absolute Gasteiger partial charge is 0.497 e. The van der Waals surface area contributed by atoms with E-state index in [1.807, 2.05) is 36.4 Å². The Morgan fingerprint density at radius 1 is 1.10 bits per heavy atom. The van der Waals surface area contributed by atoms with E-state index in [1.54, 1.807) is 19.5 Å². The van der Waals surface area contributed by atoms with Crippen molar-refractivity contribution in [2.45, 2.75) is 0 Å². The SMILES string of the molecule is COc1cccc(-c2[nH]nc(N)c2-c2ccncc2)c1. The van der Waals surface area contributed by atoms with Gasteiger partial charge >= 0.3 is 0 Å². The Kier molecular flexibility index (Phi) is 3.09. The van der Waals surface area contributed by atoms with Crippen LogP contribution in [-0.2, 0) is 0 Å². The molecule has 2 heterocycles. The minimum absolute atomic E-state index is 0.467. The van der Waals surface area contributed by atoms with E-state index in [9.17, 15) is 0 Å². The summed E-state index contributed by atoms with van der Waals surface area (Å²) in [5.41, 5.74) is 9.68. The van der Waals surface area contributed by atoms with Crippen molar-refractivity contribution in [3.63, 3.8) is 0 Å². The van der Waals surface area contributed by atoms with Crippen LogP contribution in [0.1, 0.15) is 0 Å². The molecule has 3 rings (SSSR count). The highest BCUT2D eigenvalue weighted by molar-refractivity contribution is 5.87. The number of aromatic amines is 1. The summed E-state index contributed by atoms with van der Waals surface area (Å²) in [6.45, 7) is 0. The van der Waals surface area contributed by atoms with Gasteiger partial charge in [-0.3, -0.25) is 10.1 Å². The molecular weight excluding hydrogens is 252 g/mol. The second kappa shape index (κ2) is 5.05. The molecule has 3 N–H and O–H groups in total. The Hall–Kier alpha value is -2.82. The van der Waals surface area contributed by atoms with Gasteiger partial charge in [-0.1, -0.05) is 12.1 Å². The molecule has 0 bridgehead atoms. The molecule has 0 unspecified atom stereocenters. The first kappa shape index (κ1) is 12.2. The molecule has 100 valence electrons. The summed E-state index contributed by atoms with van der Waals surface area (Å²) in [6, 6.07) is 11.6. The van der Waals surface area contributed by atoms with E-state index < -0.39 is 0 Å². The number of nitrogens with two attached hydrogens (primary N) is 1.